The maximum Gasteiger partial charge on any atom is 0.214 e. The first-order valence-corrected chi connectivity index (χ1v) is 9.91. The molecule has 2 heterocycles. The van der Waals surface area contributed by atoms with E-state index in [0.717, 1.165) is 51.7 Å². The average molecular weight is 317 g/mol. The predicted molar refractivity (Wildman–Crippen MR) is 86.8 cm³/mol. The molecule has 0 amide bonds. The van der Waals surface area contributed by atoms with Gasteiger partial charge >= 0.3 is 0 Å². The van der Waals surface area contributed by atoms with E-state index in [1.807, 2.05) is 0 Å². The van der Waals surface area contributed by atoms with E-state index in [0.29, 0.717) is 30.7 Å². The highest BCUT2D eigenvalue weighted by Crippen LogP contribution is 2.22. The molecular formula is C15H31N3O2S. The second-order valence-electron chi connectivity index (χ2n) is 6.90. The summed E-state index contributed by atoms with van der Waals surface area (Å²) in [6.07, 6.45) is 5.10. The fourth-order valence-electron chi connectivity index (χ4n) is 3.50. The molecule has 2 aliphatic heterocycles. The zero-order chi connectivity index (χ0) is 15.3. The van der Waals surface area contributed by atoms with Crippen molar-refractivity contribution in [3.8, 4) is 0 Å². The summed E-state index contributed by atoms with van der Waals surface area (Å²) in [6.45, 7) is 4.59. The standard InChI is InChI=1S/C15H31N3O2S/c1-17(2)13-15-5-10-18(11-6-15)21(19,20)12-7-14-3-8-16-9-4-14/h14-16H,3-13H2,1-2H3. The number of rotatable bonds is 6. The van der Waals surface area contributed by atoms with E-state index in [9.17, 15) is 8.42 Å². The molecule has 0 aliphatic carbocycles. The number of piperidine rings is 2. The number of sulfonamides is 1. The van der Waals surface area contributed by atoms with Crippen LogP contribution in [-0.2, 0) is 10.0 Å². The van der Waals surface area contributed by atoms with Crippen molar-refractivity contribution in [2.45, 2.75) is 32.1 Å². The molecule has 21 heavy (non-hydrogen) atoms. The monoisotopic (exact) mass is 317 g/mol. The van der Waals surface area contributed by atoms with Crippen molar-refractivity contribution in [1.82, 2.24) is 14.5 Å². The second kappa shape index (κ2) is 7.90. The molecule has 0 atom stereocenters. The van der Waals surface area contributed by atoms with Crippen molar-refractivity contribution in [3.63, 3.8) is 0 Å². The minimum absolute atomic E-state index is 0.343. The van der Waals surface area contributed by atoms with E-state index in [4.69, 9.17) is 0 Å². The van der Waals surface area contributed by atoms with Crippen molar-refractivity contribution in [2.24, 2.45) is 11.8 Å². The van der Waals surface area contributed by atoms with E-state index in [2.05, 4.69) is 24.3 Å². The predicted octanol–water partition coefficient (Wildman–Crippen LogP) is 0.980. The Bertz CT molecular complexity index is 397. The molecule has 0 spiro atoms. The Labute approximate surface area is 130 Å². The third-order valence-electron chi connectivity index (χ3n) is 4.83. The average Bonchev–Trinajstić information content (AvgIpc) is 2.46. The SMILES string of the molecule is CN(C)CC1CCN(S(=O)(=O)CCC2CCNCC2)CC1. The molecule has 6 heteroatoms. The molecule has 1 N–H and O–H groups in total. The summed E-state index contributed by atoms with van der Waals surface area (Å²) in [5, 5.41) is 3.33. The van der Waals surface area contributed by atoms with Crippen LogP contribution in [0.25, 0.3) is 0 Å². The number of nitrogens with zero attached hydrogens (tertiary/aromatic N) is 2. The molecule has 0 aromatic carbocycles. The van der Waals surface area contributed by atoms with E-state index in [-0.39, 0.29) is 0 Å². The topological polar surface area (TPSA) is 52.7 Å². The summed E-state index contributed by atoms with van der Waals surface area (Å²) in [5.74, 6) is 1.58. The van der Waals surface area contributed by atoms with Crippen molar-refractivity contribution in [1.29, 1.82) is 0 Å². The summed E-state index contributed by atoms with van der Waals surface area (Å²) in [7, 11) is 1.14. The minimum Gasteiger partial charge on any atom is -0.317 e. The van der Waals surface area contributed by atoms with Crippen LogP contribution in [0.3, 0.4) is 0 Å². The van der Waals surface area contributed by atoms with Gasteiger partial charge in [-0.2, -0.15) is 0 Å². The molecule has 124 valence electrons. The van der Waals surface area contributed by atoms with E-state index in [1.165, 1.54) is 0 Å². The summed E-state index contributed by atoms with van der Waals surface area (Å²) in [5.41, 5.74) is 0. The summed E-state index contributed by atoms with van der Waals surface area (Å²) in [4.78, 5) is 2.20. The summed E-state index contributed by atoms with van der Waals surface area (Å²) < 4.78 is 26.7. The zero-order valence-corrected chi connectivity index (χ0v) is 14.4. The van der Waals surface area contributed by atoms with Gasteiger partial charge < -0.3 is 10.2 Å². The van der Waals surface area contributed by atoms with Crippen LogP contribution in [0.5, 0.6) is 0 Å². The lowest BCUT2D eigenvalue weighted by Gasteiger charge is -2.33. The Morgan fingerprint density at radius 1 is 1.05 bits per heavy atom. The van der Waals surface area contributed by atoms with Gasteiger partial charge in [0.2, 0.25) is 10.0 Å². The van der Waals surface area contributed by atoms with Crippen LogP contribution in [0.1, 0.15) is 32.1 Å². The van der Waals surface area contributed by atoms with E-state index in [1.54, 1.807) is 4.31 Å². The third-order valence-corrected chi connectivity index (χ3v) is 6.74. The Morgan fingerprint density at radius 3 is 2.24 bits per heavy atom. The van der Waals surface area contributed by atoms with Gasteiger partial charge in [-0.15, -0.1) is 0 Å². The van der Waals surface area contributed by atoms with Crippen LogP contribution in [-0.4, -0.2) is 70.2 Å². The highest BCUT2D eigenvalue weighted by Gasteiger charge is 2.28. The van der Waals surface area contributed by atoms with Crippen molar-refractivity contribution < 1.29 is 8.42 Å². The molecular weight excluding hydrogens is 286 g/mol. The number of nitrogens with one attached hydrogen (secondary N) is 1. The van der Waals surface area contributed by atoms with Crippen molar-refractivity contribution in [3.05, 3.63) is 0 Å². The molecule has 2 fully saturated rings. The quantitative estimate of drug-likeness (QED) is 0.793. The van der Waals surface area contributed by atoms with Gasteiger partial charge in [0.15, 0.2) is 0 Å². The van der Waals surface area contributed by atoms with E-state index >= 15 is 0 Å². The molecule has 0 saturated carbocycles. The highest BCUT2D eigenvalue weighted by molar-refractivity contribution is 7.89. The second-order valence-corrected chi connectivity index (χ2v) is 8.99. The first-order chi connectivity index (χ1) is 9.97. The van der Waals surface area contributed by atoms with Crippen LogP contribution < -0.4 is 5.32 Å². The Morgan fingerprint density at radius 2 is 1.67 bits per heavy atom. The fraction of sp³-hybridized carbons (Fsp3) is 1.00. The molecule has 0 aromatic rings. The summed E-state index contributed by atoms with van der Waals surface area (Å²) >= 11 is 0. The van der Waals surface area contributed by atoms with Crippen LogP contribution in [0, 0.1) is 11.8 Å². The Hall–Kier alpha value is -0.170. The Kier molecular flexibility index (Phi) is 6.47. The smallest absolute Gasteiger partial charge is 0.214 e. The number of hydrogen-bond donors (Lipinski definition) is 1. The molecule has 0 unspecified atom stereocenters. The van der Waals surface area contributed by atoms with Gasteiger partial charge in [-0.3, -0.25) is 0 Å². The molecule has 2 rings (SSSR count). The molecule has 0 bridgehead atoms. The van der Waals surface area contributed by atoms with Gasteiger partial charge in [0, 0.05) is 19.6 Å². The largest absolute Gasteiger partial charge is 0.317 e. The van der Waals surface area contributed by atoms with Crippen LogP contribution >= 0.6 is 0 Å². The molecule has 2 saturated heterocycles. The van der Waals surface area contributed by atoms with Gasteiger partial charge in [0.05, 0.1) is 5.75 Å². The summed E-state index contributed by atoms with van der Waals surface area (Å²) in [6, 6.07) is 0. The van der Waals surface area contributed by atoms with Gasteiger partial charge in [-0.1, -0.05) is 0 Å². The maximum atomic E-state index is 12.5. The molecule has 2 aliphatic rings. The van der Waals surface area contributed by atoms with E-state index < -0.39 is 10.0 Å². The zero-order valence-electron chi connectivity index (χ0n) is 13.6. The Balaban J connectivity index is 1.75. The fourth-order valence-corrected chi connectivity index (χ4v) is 5.16. The first kappa shape index (κ1) is 17.2. The number of hydrogen-bond acceptors (Lipinski definition) is 4. The first-order valence-electron chi connectivity index (χ1n) is 8.30. The van der Waals surface area contributed by atoms with Gasteiger partial charge in [-0.05, 0) is 71.1 Å². The normalized spacial score (nSPS) is 23.8. The minimum atomic E-state index is -3.04. The van der Waals surface area contributed by atoms with Crippen LogP contribution in [0.2, 0.25) is 0 Å². The lowest BCUT2D eigenvalue weighted by molar-refractivity contribution is 0.224. The van der Waals surface area contributed by atoms with Crippen LogP contribution in [0.15, 0.2) is 0 Å². The lowest BCUT2D eigenvalue weighted by atomic mass is 9.96. The maximum absolute atomic E-state index is 12.5. The molecule has 5 nitrogen and oxygen atoms in total. The van der Waals surface area contributed by atoms with Gasteiger partial charge in [0.25, 0.3) is 0 Å². The van der Waals surface area contributed by atoms with Crippen molar-refractivity contribution in [2.75, 3.05) is 52.6 Å². The van der Waals surface area contributed by atoms with Gasteiger partial charge in [-0.25, -0.2) is 12.7 Å². The highest BCUT2D eigenvalue weighted by atomic mass is 32.2. The molecule has 0 aromatic heterocycles. The van der Waals surface area contributed by atoms with Gasteiger partial charge in [0.1, 0.15) is 0 Å². The third kappa shape index (κ3) is 5.51. The van der Waals surface area contributed by atoms with Crippen LogP contribution in [0.4, 0.5) is 0 Å². The molecule has 0 radical (unpaired) electrons. The lowest BCUT2D eigenvalue weighted by Crippen LogP contribution is -2.42. The van der Waals surface area contributed by atoms with Crippen molar-refractivity contribution >= 4 is 10.0 Å².